The Balaban J connectivity index is 1.72. The van der Waals surface area contributed by atoms with Crippen LogP contribution in [0.3, 0.4) is 0 Å². The van der Waals surface area contributed by atoms with Crippen molar-refractivity contribution in [2.45, 2.75) is 13.1 Å². The maximum Gasteiger partial charge on any atom is 0.253 e. The smallest absolute Gasteiger partial charge is 0.253 e. The van der Waals surface area contributed by atoms with Gasteiger partial charge < -0.3 is 4.90 Å². The predicted molar refractivity (Wildman–Crippen MR) is 86.8 cm³/mol. The summed E-state index contributed by atoms with van der Waals surface area (Å²) < 4.78 is 3.61. The molecule has 6 nitrogen and oxygen atoms in total. The van der Waals surface area contributed by atoms with E-state index in [1.165, 1.54) is 0 Å². The summed E-state index contributed by atoms with van der Waals surface area (Å²) in [5.41, 5.74) is 2.72. The van der Waals surface area contributed by atoms with Crippen molar-refractivity contribution in [2.75, 3.05) is 7.05 Å². The van der Waals surface area contributed by atoms with Crippen molar-refractivity contribution < 1.29 is 4.79 Å². The van der Waals surface area contributed by atoms with E-state index in [1.807, 2.05) is 54.3 Å². The highest BCUT2D eigenvalue weighted by molar-refractivity contribution is 5.94. The van der Waals surface area contributed by atoms with E-state index in [-0.39, 0.29) is 5.91 Å². The van der Waals surface area contributed by atoms with Crippen LogP contribution in [0.2, 0.25) is 0 Å². The lowest BCUT2D eigenvalue weighted by atomic mass is 10.1. The lowest BCUT2D eigenvalue weighted by molar-refractivity contribution is 0.0782. The van der Waals surface area contributed by atoms with Gasteiger partial charge in [0, 0.05) is 38.2 Å². The van der Waals surface area contributed by atoms with Crippen molar-refractivity contribution in [3.05, 3.63) is 71.8 Å². The maximum atomic E-state index is 12.6. The second-order valence-electron chi connectivity index (χ2n) is 5.51. The number of hydrogen-bond donors (Lipinski definition) is 0. The molecule has 0 fully saturated rings. The number of nitrogens with zero attached hydrogens (tertiary/aromatic N) is 5. The molecule has 3 aromatic rings. The van der Waals surface area contributed by atoms with Gasteiger partial charge >= 0.3 is 0 Å². The zero-order chi connectivity index (χ0) is 16.2. The molecule has 1 amide bonds. The lowest BCUT2D eigenvalue weighted by Gasteiger charge is -2.17. The zero-order valence-electron chi connectivity index (χ0n) is 13.3. The van der Waals surface area contributed by atoms with Crippen LogP contribution in [0, 0.1) is 0 Å². The average molecular weight is 309 g/mol. The molecule has 2 heterocycles. The number of aryl methyl sites for hydroxylation is 1. The number of hydrogen-bond acceptors (Lipinski definition) is 3. The third-order valence-corrected chi connectivity index (χ3v) is 3.75. The molecule has 3 rings (SSSR count). The Kier molecular flexibility index (Phi) is 4.23. The molecule has 118 valence electrons. The van der Waals surface area contributed by atoms with E-state index in [1.54, 1.807) is 29.0 Å². The molecule has 1 aromatic carbocycles. The fourth-order valence-electron chi connectivity index (χ4n) is 2.48. The first-order valence-corrected chi connectivity index (χ1v) is 7.42. The van der Waals surface area contributed by atoms with Gasteiger partial charge in [-0.1, -0.05) is 12.1 Å². The molecule has 0 bridgehead atoms. The third-order valence-electron chi connectivity index (χ3n) is 3.75. The minimum atomic E-state index is -0.00600. The maximum absolute atomic E-state index is 12.6. The molecule has 0 atom stereocenters. The molecule has 0 saturated heterocycles. The minimum absolute atomic E-state index is 0.00600. The number of carbonyl (C=O) groups is 1. The van der Waals surface area contributed by atoms with Crippen LogP contribution in [-0.4, -0.2) is 37.4 Å². The van der Waals surface area contributed by atoms with E-state index >= 15 is 0 Å². The summed E-state index contributed by atoms with van der Waals surface area (Å²) in [4.78, 5) is 14.3. The highest BCUT2D eigenvalue weighted by Gasteiger charge is 2.14. The highest BCUT2D eigenvalue weighted by atomic mass is 16.2. The van der Waals surface area contributed by atoms with E-state index in [4.69, 9.17) is 0 Å². The van der Waals surface area contributed by atoms with Crippen LogP contribution in [-0.2, 0) is 20.1 Å². The number of benzene rings is 1. The predicted octanol–water partition coefficient (Wildman–Crippen LogP) is 1.94. The molecule has 0 aliphatic rings. The van der Waals surface area contributed by atoms with Crippen molar-refractivity contribution in [3.63, 3.8) is 0 Å². The fraction of sp³-hybridized carbons (Fsp3) is 0.235. The van der Waals surface area contributed by atoms with E-state index in [0.717, 1.165) is 11.3 Å². The largest absolute Gasteiger partial charge is 0.336 e. The summed E-state index contributed by atoms with van der Waals surface area (Å²) in [6, 6.07) is 11.5. The van der Waals surface area contributed by atoms with Crippen LogP contribution < -0.4 is 0 Å². The topological polar surface area (TPSA) is 56.0 Å². The van der Waals surface area contributed by atoms with Gasteiger partial charge in [-0.05, 0) is 29.8 Å². The molecule has 23 heavy (non-hydrogen) atoms. The summed E-state index contributed by atoms with van der Waals surface area (Å²) >= 11 is 0. The molecule has 6 heteroatoms. The van der Waals surface area contributed by atoms with Crippen LogP contribution >= 0.6 is 0 Å². The van der Waals surface area contributed by atoms with Gasteiger partial charge in [-0.25, -0.2) is 0 Å². The number of rotatable bonds is 5. The molecule has 0 aliphatic heterocycles. The first-order chi connectivity index (χ1) is 11.1. The van der Waals surface area contributed by atoms with Crippen LogP contribution in [0.15, 0.2) is 55.0 Å². The summed E-state index contributed by atoms with van der Waals surface area (Å²) in [6.07, 6.45) is 5.39. The monoisotopic (exact) mass is 309 g/mol. The third kappa shape index (κ3) is 3.48. The van der Waals surface area contributed by atoms with Crippen LogP contribution in [0.1, 0.15) is 21.6 Å². The first kappa shape index (κ1) is 15.0. The van der Waals surface area contributed by atoms with E-state index in [0.29, 0.717) is 18.7 Å². The number of amides is 1. The lowest BCUT2D eigenvalue weighted by Crippen LogP contribution is -2.27. The Morgan fingerprint density at radius 2 is 2.04 bits per heavy atom. The molecule has 0 unspecified atom stereocenters. The zero-order valence-corrected chi connectivity index (χ0v) is 13.3. The molecule has 0 spiro atoms. The van der Waals surface area contributed by atoms with Crippen LogP contribution in [0.4, 0.5) is 0 Å². The molecular weight excluding hydrogens is 290 g/mol. The molecule has 0 N–H and O–H groups in total. The van der Waals surface area contributed by atoms with Crippen molar-refractivity contribution >= 4 is 5.91 Å². The fourth-order valence-corrected chi connectivity index (χ4v) is 2.48. The van der Waals surface area contributed by atoms with Gasteiger partial charge in [0.1, 0.15) is 0 Å². The molecule has 2 aromatic heterocycles. The Bertz CT molecular complexity index is 791. The van der Waals surface area contributed by atoms with Crippen LogP contribution in [0.25, 0.3) is 0 Å². The normalized spacial score (nSPS) is 10.7. The van der Waals surface area contributed by atoms with Crippen LogP contribution in [0.5, 0.6) is 0 Å². The molecule has 0 radical (unpaired) electrons. The van der Waals surface area contributed by atoms with Gasteiger partial charge in [-0.15, -0.1) is 0 Å². The first-order valence-electron chi connectivity index (χ1n) is 7.42. The van der Waals surface area contributed by atoms with Gasteiger partial charge in [0.2, 0.25) is 0 Å². The van der Waals surface area contributed by atoms with Crippen molar-refractivity contribution in [1.82, 2.24) is 24.5 Å². The van der Waals surface area contributed by atoms with E-state index in [9.17, 15) is 4.79 Å². The van der Waals surface area contributed by atoms with Crippen molar-refractivity contribution in [2.24, 2.45) is 7.05 Å². The van der Waals surface area contributed by atoms with Crippen molar-refractivity contribution in [3.8, 4) is 0 Å². The standard InChI is InChI=1S/C17H19N5O/c1-20(13-16-7-9-18-21(16)2)17(23)15-6-3-5-14(11-15)12-22-10-4-8-19-22/h3-11H,12-13H2,1-2H3. The van der Waals surface area contributed by atoms with Gasteiger partial charge in [0.15, 0.2) is 0 Å². The minimum Gasteiger partial charge on any atom is -0.336 e. The summed E-state index contributed by atoms with van der Waals surface area (Å²) in [5.74, 6) is -0.00600. The Labute approximate surface area is 135 Å². The summed E-state index contributed by atoms with van der Waals surface area (Å²) in [7, 11) is 3.67. The summed E-state index contributed by atoms with van der Waals surface area (Å²) in [5, 5.41) is 8.32. The van der Waals surface area contributed by atoms with Gasteiger partial charge in [0.25, 0.3) is 5.91 Å². The molecule has 0 aliphatic carbocycles. The number of aromatic nitrogens is 4. The Hall–Kier alpha value is -2.89. The van der Waals surface area contributed by atoms with Gasteiger partial charge in [0.05, 0.1) is 18.8 Å². The summed E-state index contributed by atoms with van der Waals surface area (Å²) in [6.45, 7) is 1.18. The molecular formula is C17H19N5O. The second kappa shape index (κ2) is 6.48. The quantitative estimate of drug-likeness (QED) is 0.724. The highest BCUT2D eigenvalue weighted by Crippen LogP contribution is 2.11. The average Bonchev–Trinajstić information content (AvgIpc) is 3.19. The van der Waals surface area contributed by atoms with E-state index < -0.39 is 0 Å². The van der Waals surface area contributed by atoms with E-state index in [2.05, 4.69) is 10.2 Å². The SMILES string of the molecule is CN(Cc1ccnn1C)C(=O)c1cccc(Cn2cccn2)c1. The number of carbonyl (C=O) groups excluding carboxylic acids is 1. The molecule has 0 saturated carbocycles. The van der Waals surface area contributed by atoms with Crippen molar-refractivity contribution in [1.29, 1.82) is 0 Å². The Morgan fingerprint density at radius 1 is 1.17 bits per heavy atom. The Morgan fingerprint density at radius 3 is 2.74 bits per heavy atom. The second-order valence-corrected chi connectivity index (χ2v) is 5.51. The van der Waals surface area contributed by atoms with Gasteiger partial charge in [-0.2, -0.15) is 10.2 Å². The van der Waals surface area contributed by atoms with Gasteiger partial charge in [-0.3, -0.25) is 14.2 Å².